The fourth-order valence-electron chi connectivity index (χ4n) is 3.88. The average Bonchev–Trinajstić information content (AvgIpc) is 3.47. The molecule has 1 aliphatic rings. The minimum Gasteiger partial charge on any atom is -0.458 e. The molecule has 31 heavy (non-hydrogen) atoms. The Kier molecular flexibility index (Phi) is 6.15. The van der Waals surface area contributed by atoms with E-state index in [1.165, 1.54) is 12.8 Å². The van der Waals surface area contributed by atoms with Gasteiger partial charge in [0.25, 0.3) is 0 Å². The zero-order valence-corrected chi connectivity index (χ0v) is 18.6. The highest BCUT2D eigenvalue weighted by molar-refractivity contribution is 5.91. The Balaban J connectivity index is 1.62. The van der Waals surface area contributed by atoms with Crippen LogP contribution >= 0.6 is 0 Å². The molecule has 0 aliphatic carbocycles. The van der Waals surface area contributed by atoms with Gasteiger partial charge in [-0.25, -0.2) is 24.7 Å². The van der Waals surface area contributed by atoms with Crippen LogP contribution in [-0.4, -0.2) is 61.9 Å². The summed E-state index contributed by atoms with van der Waals surface area (Å²) in [5.74, 6) is 2.60. The Morgan fingerprint density at radius 1 is 1.16 bits per heavy atom. The van der Waals surface area contributed by atoms with Gasteiger partial charge in [-0.15, -0.1) is 0 Å². The van der Waals surface area contributed by atoms with E-state index < -0.39 is 0 Å². The van der Waals surface area contributed by atoms with Crippen molar-refractivity contribution >= 4 is 11.7 Å². The molecule has 0 atom stereocenters. The van der Waals surface area contributed by atoms with Crippen molar-refractivity contribution in [2.24, 2.45) is 0 Å². The molecule has 1 amide bonds. The zero-order valence-electron chi connectivity index (χ0n) is 18.6. The van der Waals surface area contributed by atoms with Crippen molar-refractivity contribution in [2.75, 3.05) is 31.5 Å². The number of aryl methyl sites for hydroxylation is 3. The summed E-state index contributed by atoms with van der Waals surface area (Å²) in [5.41, 5.74) is 1.84. The van der Waals surface area contributed by atoms with Crippen molar-refractivity contribution in [3.63, 3.8) is 0 Å². The lowest BCUT2D eigenvalue weighted by atomic mass is 10.3. The van der Waals surface area contributed by atoms with Crippen LogP contribution in [0.4, 0.5) is 5.82 Å². The lowest BCUT2D eigenvalue weighted by Crippen LogP contribution is -2.44. The van der Waals surface area contributed by atoms with Crippen LogP contribution < -0.4 is 5.32 Å². The first-order valence-electron chi connectivity index (χ1n) is 10.7. The molecule has 9 heteroatoms. The molecule has 1 N–H and O–H groups in total. The number of rotatable bonds is 7. The van der Waals surface area contributed by atoms with Crippen LogP contribution in [0.15, 0.2) is 28.7 Å². The SMILES string of the molecule is CCN(CC(=O)Nc1cc(-n2nc(C)cc2C)nc(-c2ccc(C)o2)n1)N1CCCC1. The van der Waals surface area contributed by atoms with E-state index in [0.717, 1.165) is 36.8 Å². The fraction of sp³-hybridized carbons (Fsp3) is 0.455. The van der Waals surface area contributed by atoms with Gasteiger partial charge < -0.3 is 9.73 Å². The van der Waals surface area contributed by atoms with E-state index in [-0.39, 0.29) is 12.5 Å². The maximum atomic E-state index is 12.8. The summed E-state index contributed by atoms with van der Waals surface area (Å²) in [6, 6.07) is 7.41. The topological polar surface area (TPSA) is 92.3 Å². The first-order chi connectivity index (χ1) is 14.9. The number of nitrogens with zero attached hydrogens (tertiary/aromatic N) is 6. The second kappa shape index (κ2) is 8.99. The first kappa shape index (κ1) is 21.2. The van der Waals surface area contributed by atoms with E-state index >= 15 is 0 Å². The van der Waals surface area contributed by atoms with Gasteiger partial charge in [0, 0.05) is 31.4 Å². The fourth-order valence-corrected chi connectivity index (χ4v) is 3.88. The van der Waals surface area contributed by atoms with E-state index in [4.69, 9.17) is 4.42 Å². The van der Waals surface area contributed by atoms with Crippen LogP contribution in [-0.2, 0) is 4.79 Å². The molecule has 1 fully saturated rings. The highest BCUT2D eigenvalue weighted by atomic mass is 16.3. The first-order valence-corrected chi connectivity index (χ1v) is 10.7. The number of carbonyl (C=O) groups is 1. The minimum absolute atomic E-state index is 0.117. The van der Waals surface area contributed by atoms with Crippen LogP contribution in [0.1, 0.15) is 36.9 Å². The molecule has 0 radical (unpaired) electrons. The smallest absolute Gasteiger partial charge is 0.241 e. The van der Waals surface area contributed by atoms with Gasteiger partial charge in [-0.3, -0.25) is 4.79 Å². The predicted molar refractivity (Wildman–Crippen MR) is 118 cm³/mol. The maximum absolute atomic E-state index is 12.8. The summed E-state index contributed by atoms with van der Waals surface area (Å²) >= 11 is 0. The van der Waals surface area contributed by atoms with Gasteiger partial charge in [-0.1, -0.05) is 6.92 Å². The Hall–Kier alpha value is -3.04. The van der Waals surface area contributed by atoms with Gasteiger partial charge in [0.15, 0.2) is 17.4 Å². The number of anilines is 1. The van der Waals surface area contributed by atoms with Crippen LogP contribution in [0.5, 0.6) is 0 Å². The van der Waals surface area contributed by atoms with Gasteiger partial charge in [0.05, 0.1) is 12.2 Å². The molecule has 4 heterocycles. The van der Waals surface area contributed by atoms with Crippen molar-refractivity contribution in [1.82, 2.24) is 29.8 Å². The van der Waals surface area contributed by atoms with Crippen LogP contribution in [0.25, 0.3) is 17.4 Å². The van der Waals surface area contributed by atoms with Crippen LogP contribution in [0.3, 0.4) is 0 Å². The Labute approximate surface area is 182 Å². The highest BCUT2D eigenvalue weighted by Gasteiger charge is 2.21. The summed E-state index contributed by atoms with van der Waals surface area (Å²) in [4.78, 5) is 22.0. The summed E-state index contributed by atoms with van der Waals surface area (Å²) in [5, 5.41) is 11.8. The summed E-state index contributed by atoms with van der Waals surface area (Å²) in [7, 11) is 0. The molecule has 0 spiro atoms. The summed E-state index contributed by atoms with van der Waals surface area (Å²) in [6.45, 7) is 10.9. The van der Waals surface area contributed by atoms with E-state index in [1.807, 2.05) is 39.0 Å². The van der Waals surface area contributed by atoms with Crippen molar-refractivity contribution in [2.45, 2.75) is 40.5 Å². The van der Waals surface area contributed by atoms with Crippen LogP contribution in [0.2, 0.25) is 0 Å². The molecule has 3 aromatic heterocycles. The Morgan fingerprint density at radius 2 is 1.94 bits per heavy atom. The van der Waals surface area contributed by atoms with Crippen molar-refractivity contribution in [1.29, 1.82) is 0 Å². The standard InChI is InChI=1S/C22H29N7O2/c1-5-27(28-10-6-7-11-28)14-21(30)23-19-13-20(29-16(3)12-15(2)26-29)25-22(24-19)18-9-8-17(4)31-18/h8-9,12-13H,5-7,10-11,14H2,1-4H3,(H,23,24,25,30). The zero-order chi connectivity index (χ0) is 22.0. The second-order valence-electron chi connectivity index (χ2n) is 7.87. The van der Waals surface area contributed by atoms with E-state index in [2.05, 4.69) is 37.3 Å². The van der Waals surface area contributed by atoms with Gasteiger partial charge in [-0.05, 0) is 51.8 Å². The molecular formula is C22H29N7O2. The van der Waals surface area contributed by atoms with Gasteiger partial charge in [-0.2, -0.15) is 5.10 Å². The number of carbonyl (C=O) groups excluding carboxylic acids is 1. The molecule has 3 aromatic rings. The largest absolute Gasteiger partial charge is 0.458 e. The monoisotopic (exact) mass is 423 g/mol. The van der Waals surface area contributed by atoms with E-state index in [1.54, 1.807) is 10.7 Å². The number of aromatic nitrogens is 4. The van der Waals surface area contributed by atoms with Gasteiger partial charge >= 0.3 is 0 Å². The van der Waals surface area contributed by atoms with Crippen molar-refractivity contribution < 1.29 is 9.21 Å². The Morgan fingerprint density at radius 3 is 2.55 bits per heavy atom. The lowest BCUT2D eigenvalue weighted by Gasteiger charge is -2.29. The van der Waals surface area contributed by atoms with E-state index in [9.17, 15) is 4.79 Å². The summed E-state index contributed by atoms with van der Waals surface area (Å²) in [6.07, 6.45) is 2.34. The minimum atomic E-state index is -0.117. The summed E-state index contributed by atoms with van der Waals surface area (Å²) < 4.78 is 7.47. The number of hydrazine groups is 1. The van der Waals surface area contributed by atoms with Crippen molar-refractivity contribution in [3.8, 4) is 17.4 Å². The molecule has 0 aromatic carbocycles. The van der Waals surface area contributed by atoms with Crippen molar-refractivity contribution in [3.05, 3.63) is 41.4 Å². The lowest BCUT2D eigenvalue weighted by molar-refractivity contribution is -0.122. The number of hydrogen-bond acceptors (Lipinski definition) is 7. The predicted octanol–water partition coefficient (Wildman–Crippen LogP) is 3.12. The second-order valence-corrected chi connectivity index (χ2v) is 7.87. The molecule has 9 nitrogen and oxygen atoms in total. The molecule has 0 unspecified atom stereocenters. The molecule has 4 rings (SSSR count). The van der Waals surface area contributed by atoms with E-state index in [0.29, 0.717) is 23.2 Å². The van der Waals surface area contributed by atoms with Gasteiger partial charge in [0.1, 0.15) is 11.6 Å². The van der Waals surface area contributed by atoms with Gasteiger partial charge in [0.2, 0.25) is 5.91 Å². The highest BCUT2D eigenvalue weighted by Crippen LogP contribution is 2.23. The third kappa shape index (κ3) is 4.83. The van der Waals surface area contributed by atoms with Crippen LogP contribution in [0, 0.1) is 20.8 Å². The molecule has 0 saturated carbocycles. The number of nitrogens with one attached hydrogen (secondary N) is 1. The molecular weight excluding hydrogens is 394 g/mol. The molecule has 1 saturated heterocycles. The average molecular weight is 424 g/mol. The third-order valence-corrected chi connectivity index (χ3v) is 5.34. The number of likely N-dealkylation sites (N-methyl/N-ethyl adjacent to an activating group) is 1. The third-order valence-electron chi connectivity index (χ3n) is 5.34. The number of amides is 1. The molecule has 164 valence electrons. The quantitative estimate of drug-likeness (QED) is 0.624. The molecule has 1 aliphatic heterocycles. The normalized spacial score (nSPS) is 14.5. The Bertz CT molecular complexity index is 1070. The number of hydrogen-bond donors (Lipinski definition) is 1. The molecule has 0 bridgehead atoms. The number of furan rings is 1. The maximum Gasteiger partial charge on any atom is 0.241 e.